The smallest absolute Gasteiger partial charge is 0.109 e. The van der Waals surface area contributed by atoms with Gasteiger partial charge in [0, 0.05) is 25.2 Å². The molecule has 1 heterocycles. The van der Waals surface area contributed by atoms with Crippen LogP contribution in [0.1, 0.15) is 46.5 Å². The maximum absolute atomic E-state index is 9.64. The zero-order chi connectivity index (χ0) is 15.5. The van der Waals surface area contributed by atoms with Gasteiger partial charge in [-0.2, -0.15) is 5.26 Å². The Labute approximate surface area is 130 Å². The van der Waals surface area contributed by atoms with Gasteiger partial charge in [-0.05, 0) is 59.2 Å². The zero-order valence-corrected chi connectivity index (χ0v) is 14.2. The predicted molar refractivity (Wildman–Crippen MR) is 87.1 cm³/mol. The maximum Gasteiger partial charge on any atom is 0.109 e. The lowest BCUT2D eigenvalue weighted by Crippen LogP contribution is -2.55. The van der Waals surface area contributed by atoms with Crippen molar-refractivity contribution in [3.63, 3.8) is 0 Å². The maximum atomic E-state index is 9.64. The van der Waals surface area contributed by atoms with Crippen molar-refractivity contribution in [3.8, 4) is 6.07 Å². The van der Waals surface area contributed by atoms with Crippen molar-refractivity contribution in [1.82, 2.24) is 15.1 Å². The molecule has 1 N–H and O–H groups in total. The van der Waals surface area contributed by atoms with Crippen LogP contribution in [0.4, 0.5) is 0 Å². The van der Waals surface area contributed by atoms with Crippen molar-refractivity contribution in [3.05, 3.63) is 0 Å². The zero-order valence-electron chi connectivity index (χ0n) is 14.2. The lowest BCUT2D eigenvalue weighted by molar-refractivity contribution is 0.0551. The molecule has 1 aliphatic carbocycles. The van der Waals surface area contributed by atoms with Crippen molar-refractivity contribution < 1.29 is 0 Å². The van der Waals surface area contributed by atoms with Crippen LogP contribution in [0.25, 0.3) is 0 Å². The van der Waals surface area contributed by atoms with Crippen molar-refractivity contribution in [2.24, 2.45) is 5.92 Å². The summed E-state index contributed by atoms with van der Waals surface area (Å²) in [5, 5.41) is 13.1. The number of rotatable bonds is 5. The third-order valence-corrected chi connectivity index (χ3v) is 5.74. The molecule has 0 aromatic carbocycles. The summed E-state index contributed by atoms with van der Waals surface area (Å²) in [4.78, 5) is 5.08. The molecule has 0 spiro atoms. The quantitative estimate of drug-likeness (QED) is 0.842. The minimum Gasteiger partial charge on any atom is -0.300 e. The van der Waals surface area contributed by atoms with Gasteiger partial charge < -0.3 is 4.90 Å². The standard InChI is InChI=1S/C17H32N4/c1-5-19-17(13-18)9-6-7-16(17)8-10-21-11-14(2)20(4)15(3)12-21/h14-16,19H,5-12H2,1-4H3. The van der Waals surface area contributed by atoms with E-state index < -0.39 is 0 Å². The second kappa shape index (κ2) is 7.09. The van der Waals surface area contributed by atoms with E-state index in [9.17, 15) is 5.26 Å². The van der Waals surface area contributed by atoms with Gasteiger partial charge in [0.15, 0.2) is 0 Å². The van der Waals surface area contributed by atoms with Gasteiger partial charge in [0.25, 0.3) is 0 Å². The summed E-state index contributed by atoms with van der Waals surface area (Å²) >= 11 is 0. The number of hydrogen-bond donors (Lipinski definition) is 1. The van der Waals surface area contributed by atoms with E-state index in [0.717, 1.165) is 39.0 Å². The molecule has 120 valence electrons. The first-order valence-corrected chi connectivity index (χ1v) is 8.63. The Morgan fingerprint density at radius 1 is 1.29 bits per heavy atom. The molecule has 0 bridgehead atoms. The number of nitrogens with one attached hydrogen (secondary N) is 1. The van der Waals surface area contributed by atoms with Crippen LogP contribution in [-0.4, -0.2) is 60.6 Å². The van der Waals surface area contributed by atoms with E-state index in [-0.39, 0.29) is 5.54 Å². The van der Waals surface area contributed by atoms with Crippen LogP contribution in [0, 0.1) is 17.2 Å². The van der Waals surface area contributed by atoms with E-state index in [4.69, 9.17) is 0 Å². The van der Waals surface area contributed by atoms with Crippen LogP contribution in [0.5, 0.6) is 0 Å². The van der Waals surface area contributed by atoms with E-state index in [2.05, 4.69) is 49.0 Å². The van der Waals surface area contributed by atoms with Crippen LogP contribution in [0.2, 0.25) is 0 Å². The molecule has 2 fully saturated rings. The third kappa shape index (κ3) is 3.59. The fraction of sp³-hybridized carbons (Fsp3) is 0.941. The van der Waals surface area contributed by atoms with E-state index in [1.165, 1.54) is 12.8 Å². The normalized spacial score (nSPS) is 38.5. The minimum atomic E-state index is -0.251. The number of likely N-dealkylation sites (N-methyl/N-ethyl adjacent to an activating group) is 1. The molecule has 2 rings (SSSR count). The molecule has 1 saturated heterocycles. The van der Waals surface area contributed by atoms with Gasteiger partial charge in [0.1, 0.15) is 5.54 Å². The molecule has 1 saturated carbocycles. The summed E-state index contributed by atoms with van der Waals surface area (Å²) in [6.45, 7) is 11.1. The molecule has 4 nitrogen and oxygen atoms in total. The second-order valence-corrected chi connectivity index (χ2v) is 7.11. The highest BCUT2D eigenvalue weighted by molar-refractivity contribution is 5.14. The molecule has 4 heteroatoms. The summed E-state index contributed by atoms with van der Waals surface area (Å²) < 4.78 is 0. The Kier molecular flexibility index (Phi) is 5.65. The van der Waals surface area contributed by atoms with Gasteiger partial charge >= 0.3 is 0 Å². The summed E-state index contributed by atoms with van der Waals surface area (Å²) in [5.41, 5.74) is -0.251. The van der Waals surface area contributed by atoms with Crippen LogP contribution in [0.15, 0.2) is 0 Å². The molecule has 0 aromatic heterocycles. The summed E-state index contributed by atoms with van der Waals surface area (Å²) in [6.07, 6.45) is 4.58. The Morgan fingerprint density at radius 2 is 1.95 bits per heavy atom. The van der Waals surface area contributed by atoms with E-state index >= 15 is 0 Å². The van der Waals surface area contributed by atoms with Crippen LogP contribution >= 0.6 is 0 Å². The first kappa shape index (κ1) is 16.7. The van der Waals surface area contributed by atoms with Gasteiger partial charge in [0.05, 0.1) is 6.07 Å². The molecular weight excluding hydrogens is 260 g/mol. The number of piperazine rings is 1. The fourth-order valence-electron chi connectivity index (χ4n) is 4.24. The monoisotopic (exact) mass is 292 g/mol. The largest absolute Gasteiger partial charge is 0.300 e. The highest BCUT2D eigenvalue weighted by Crippen LogP contribution is 2.37. The van der Waals surface area contributed by atoms with E-state index in [0.29, 0.717) is 18.0 Å². The first-order valence-electron chi connectivity index (χ1n) is 8.63. The van der Waals surface area contributed by atoms with Crippen LogP contribution < -0.4 is 5.32 Å². The van der Waals surface area contributed by atoms with Gasteiger partial charge in [-0.3, -0.25) is 10.2 Å². The summed E-state index contributed by atoms with van der Waals surface area (Å²) in [6, 6.07) is 3.87. The molecule has 0 radical (unpaired) electrons. The fourth-order valence-corrected chi connectivity index (χ4v) is 4.24. The summed E-state index contributed by atoms with van der Waals surface area (Å²) in [5.74, 6) is 0.521. The number of hydrogen-bond acceptors (Lipinski definition) is 4. The van der Waals surface area contributed by atoms with Crippen molar-refractivity contribution >= 4 is 0 Å². The number of nitriles is 1. The van der Waals surface area contributed by atoms with Crippen molar-refractivity contribution in [1.29, 1.82) is 5.26 Å². The molecule has 4 atom stereocenters. The summed E-state index contributed by atoms with van der Waals surface area (Å²) in [7, 11) is 2.23. The molecule has 4 unspecified atom stereocenters. The Hall–Kier alpha value is -0.630. The molecule has 2 aliphatic rings. The van der Waals surface area contributed by atoms with E-state index in [1.807, 2.05) is 0 Å². The Balaban J connectivity index is 1.89. The Morgan fingerprint density at radius 3 is 2.52 bits per heavy atom. The highest BCUT2D eigenvalue weighted by atomic mass is 15.3. The SMILES string of the molecule is CCNC1(C#N)CCCC1CCN1CC(C)N(C)C(C)C1. The van der Waals surface area contributed by atoms with Gasteiger partial charge in [-0.25, -0.2) is 0 Å². The number of nitrogens with zero attached hydrogens (tertiary/aromatic N) is 3. The second-order valence-electron chi connectivity index (χ2n) is 7.11. The van der Waals surface area contributed by atoms with Gasteiger partial charge in [0.2, 0.25) is 0 Å². The molecule has 21 heavy (non-hydrogen) atoms. The average Bonchev–Trinajstić information content (AvgIpc) is 2.86. The van der Waals surface area contributed by atoms with E-state index in [1.54, 1.807) is 0 Å². The molecule has 1 aliphatic heterocycles. The molecular formula is C17H32N4. The molecule has 0 aromatic rings. The van der Waals surface area contributed by atoms with Gasteiger partial charge in [-0.15, -0.1) is 0 Å². The first-order chi connectivity index (χ1) is 10.0. The molecule has 0 amide bonds. The van der Waals surface area contributed by atoms with Gasteiger partial charge in [-0.1, -0.05) is 13.3 Å². The minimum absolute atomic E-state index is 0.251. The topological polar surface area (TPSA) is 42.3 Å². The Bertz CT molecular complexity index is 365. The van der Waals surface area contributed by atoms with Crippen molar-refractivity contribution in [2.75, 3.05) is 33.2 Å². The van der Waals surface area contributed by atoms with Crippen molar-refractivity contribution in [2.45, 2.75) is 64.1 Å². The third-order valence-electron chi connectivity index (χ3n) is 5.74. The van der Waals surface area contributed by atoms with Crippen LogP contribution in [0.3, 0.4) is 0 Å². The van der Waals surface area contributed by atoms with Crippen LogP contribution in [-0.2, 0) is 0 Å². The predicted octanol–water partition coefficient (Wildman–Crippen LogP) is 2.07. The highest BCUT2D eigenvalue weighted by Gasteiger charge is 2.42. The lowest BCUT2D eigenvalue weighted by Gasteiger charge is -2.43. The average molecular weight is 292 g/mol. The lowest BCUT2D eigenvalue weighted by atomic mass is 9.85.